The van der Waals surface area contributed by atoms with Crippen molar-refractivity contribution in [3.63, 3.8) is 0 Å². The minimum Gasteiger partial charge on any atom is -0.487 e. The van der Waals surface area contributed by atoms with Gasteiger partial charge in [0.1, 0.15) is 30.0 Å². The molecule has 6 rings (SSSR count). The monoisotopic (exact) mass is 579 g/mol. The van der Waals surface area contributed by atoms with Crippen LogP contribution in [0, 0.1) is 18.8 Å². The number of hydrogen-bond acceptors (Lipinski definition) is 7. The molecule has 3 aliphatic rings. The molecule has 2 aliphatic heterocycles. The van der Waals surface area contributed by atoms with Crippen LogP contribution in [0.1, 0.15) is 70.2 Å². The number of hydrogen-bond donors (Lipinski definition) is 2. The molecule has 216 valence electrons. The lowest BCUT2D eigenvalue weighted by atomic mass is 9.77. The van der Waals surface area contributed by atoms with Gasteiger partial charge in [0.2, 0.25) is 0 Å². The summed E-state index contributed by atoms with van der Waals surface area (Å²) in [7, 11) is 0. The Kier molecular flexibility index (Phi) is 7.76. The first-order chi connectivity index (χ1) is 19.8. The Balaban J connectivity index is 1.37. The number of benzene rings is 2. The zero-order chi connectivity index (χ0) is 28.7. The average molecular weight is 580 g/mol. The first kappa shape index (κ1) is 27.8. The van der Waals surface area contributed by atoms with Crippen molar-refractivity contribution in [2.24, 2.45) is 11.8 Å². The maximum Gasteiger partial charge on any atom is 0.306 e. The Bertz CT molecular complexity index is 1460. The minimum absolute atomic E-state index is 0.0641. The van der Waals surface area contributed by atoms with Gasteiger partial charge in [0, 0.05) is 47.8 Å². The van der Waals surface area contributed by atoms with Gasteiger partial charge >= 0.3 is 5.97 Å². The second-order valence-corrected chi connectivity index (χ2v) is 11.7. The molecule has 0 spiro atoms. The molecule has 3 aromatic rings. The first-order valence-electron chi connectivity index (χ1n) is 14.2. The molecule has 41 heavy (non-hydrogen) atoms. The fourth-order valence-corrected chi connectivity index (χ4v) is 7.07. The highest BCUT2D eigenvalue weighted by atomic mass is 35.5. The molecule has 1 unspecified atom stereocenters. The van der Waals surface area contributed by atoms with E-state index in [1.807, 2.05) is 54.3 Å². The smallest absolute Gasteiger partial charge is 0.306 e. The highest BCUT2D eigenvalue weighted by molar-refractivity contribution is 6.31. The second-order valence-electron chi connectivity index (χ2n) is 11.3. The number of aliphatic hydroxyl groups is 1. The molecule has 1 aromatic heterocycles. The van der Waals surface area contributed by atoms with E-state index in [-0.39, 0.29) is 12.5 Å². The molecule has 1 amide bonds. The summed E-state index contributed by atoms with van der Waals surface area (Å²) in [6.45, 7) is 3.22. The fraction of sp³-hybridized carbons (Fsp3) is 0.452. The van der Waals surface area contributed by atoms with Gasteiger partial charge in [-0.2, -0.15) is 0 Å². The number of halogens is 1. The van der Waals surface area contributed by atoms with Gasteiger partial charge in [-0.25, -0.2) is 0 Å². The van der Waals surface area contributed by atoms with Gasteiger partial charge in [-0.3, -0.25) is 14.5 Å². The molecule has 2 N–H and O–H groups in total. The largest absolute Gasteiger partial charge is 0.487 e. The third-order valence-electron chi connectivity index (χ3n) is 8.81. The van der Waals surface area contributed by atoms with Gasteiger partial charge in [-0.15, -0.1) is 0 Å². The zero-order valence-electron chi connectivity index (χ0n) is 23.0. The molecule has 0 saturated heterocycles. The van der Waals surface area contributed by atoms with E-state index in [9.17, 15) is 19.8 Å². The lowest BCUT2D eigenvalue weighted by Gasteiger charge is -2.46. The van der Waals surface area contributed by atoms with Crippen LogP contribution in [0.5, 0.6) is 5.75 Å². The van der Waals surface area contributed by atoms with Crippen molar-refractivity contribution in [3.8, 4) is 5.75 Å². The van der Waals surface area contributed by atoms with E-state index in [4.69, 9.17) is 20.9 Å². The second kappa shape index (κ2) is 11.5. The number of rotatable bonds is 8. The van der Waals surface area contributed by atoms with Gasteiger partial charge < -0.3 is 24.4 Å². The molecule has 1 aliphatic carbocycles. The van der Waals surface area contributed by atoms with Crippen molar-refractivity contribution in [2.45, 2.75) is 64.4 Å². The molecule has 1 saturated carbocycles. The zero-order valence-corrected chi connectivity index (χ0v) is 23.7. The quantitative estimate of drug-likeness (QED) is 0.384. The van der Waals surface area contributed by atoms with E-state index < -0.39 is 30.1 Å². The van der Waals surface area contributed by atoms with Crippen LogP contribution in [0.15, 0.2) is 47.0 Å². The summed E-state index contributed by atoms with van der Waals surface area (Å²) in [6, 6.07) is 12.6. The third kappa shape index (κ3) is 5.34. The number of aliphatic hydroxyl groups excluding tert-OH is 1. The van der Waals surface area contributed by atoms with Crippen molar-refractivity contribution in [1.82, 2.24) is 15.0 Å². The normalized spacial score (nSPS) is 23.2. The number of amides is 1. The van der Waals surface area contributed by atoms with Crippen LogP contribution in [-0.4, -0.2) is 56.4 Å². The molecular weight excluding hydrogens is 546 g/mol. The highest BCUT2D eigenvalue weighted by Gasteiger charge is 2.44. The van der Waals surface area contributed by atoms with Crippen molar-refractivity contribution < 1.29 is 29.1 Å². The predicted octanol–water partition coefficient (Wildman–Crippen LogP) is 4.98. The minimum atomic E-state index is -1.00. The molecular formula is C31H34ClN3O6. The van der Waals surface area contributed by atoms with Gasteiger partial charge in [-0.1, -0.05) is 47.8 Å². The van der Waals surface area contributed by atoms with Crippen LogP contribution >= 0.6 is 11.6 Å². The summed E-state index contributed by atoms with van der Waals surface area (Å²) in [5, 5.41) is 26.5. The van der Waals surface area contributed by atoms with Crippen LogP contribution in [0.2, 0.25) is 5.02 Å². The van der Waals surface area contributed by atoms with E-state index in [0.29, 0.717) is 66.7 Å². The summed E-state index contributed by atoms with van der Waals surface area (Å²) in [5.41, 5.74) is 4.01. The summed E-state index contributed by atoms with van der Waals surface area (Å²) in [6.07, 6.45) is 2.44. The Morgan fingerprint density at radius 2 is 2.02 bits per heavy atom. The van der Waals surface area contributed by atoms with E-state index in [1.165, 1.54) is 0 Å². The number of fused-ring (bicyclic) bond motifs is 2. The maximum atomic E-state index is 13.5. The number of nitrogens with zero attached hydrogens (tertiary/aromatic N) is 3. The molecule has 9 nitrogen and oxygen atoms in total. The van der Waals surface area contributed by atoms with Crippen molar-refractivity contribution in [2.75, 3.05) is 13.1 Å². The fourth-order valence-electron chi connectivity index (χ4n) is 6.81. The van der Waals surface area contributed by atoms with Crippen LogP contribution in [0.3, 0.4) is 0 Å². The van der Waals surface area contributed by atoms with E-state index in [1.54, 1.807) is 4.90 Å². The third-order valence-corrected chi connectivity index (χ3v) is 9.17. The SMILES string of the molecule is Cc1cc(COc2ccc(Cl)c3c2[C@@H](CN2Cc4ccccc4C2=O)N(C(O)[C@@H]2CCCC[C@@H]2C(=O)O)CC3)no1. The lowest BCUT2D eigenvalue weighted by Crippen LogP contribution is -2.52. The topological polar surface area (TPSA) is 116 Å². The standard InChI is InChI=1S/C31H34ClN3O6/c1-18-14-20(33-41-18)17-40-27-11-10-25(32)24-12-13-35(30(37)22-8-4-5-9-23(22)31(38)39)26(28(24)27)16-34-15-19-6-2-3-7-21(19)29(34)36/h2-3,6-7,10-11,14,22-23,26,30,37H,4-5,8-9,12-13,15-17H2,1H3,(H,38,39)/t22-,23+,26-,30?/m1/s1. The summed E-state index contributed by atoms with van der Waals surface area (Å²) in [5.74, 6) is -0.702. The van der Waals surface area contributed by atoms with Crippen LogP contribution in [0.4, 0.5) is 0 Å². The summed E-state index contributed by atoms with van der Waals surface area (Å²) in [4.78, 5) is 29.4. The Hall–Kier alpha value is -3.40. The molecule has 0 bridgehead atoms. The molecule has 2 aromatic carbocycles. The van der Waals surface area contributed by atoms with E-state index >= 15 is 0 Å². The number of ether oxygens (including phenoxy) is 1. The number of aromatic nitrogens is 1. The van der Waals surface area contributed by atoms with Crippen LogP contribution in [0.25, 0.3) is 0 Å². The number of aliphatic carboxylic acids is 1. The summed E-state index contributed by atoms with van der Waals surface area (Å²) >= 11 is 6.74. The Morgan fingerprint density at radius 1 is 1.22 bits per heavy atom. The average Bonchev–Trinajstić information content (AvgIpc) is 3.54. The Morgan fingerprint density at radius 3 is 2.78 bits per heavy atom. The van der Waals surface area contributed by atoms with Crippen molar-refractivity contribution >= 4 is 23.5 Å². The number of carboxylic acids is 1. The van der Waals surface area contributed by atoms with Crippen LogP contribution < -0.4 is 4.74 Å². The highest BCUT2D eigenvalue weighted by Crippen LogP contribution is 2.45. The molecule has 10 heteroatoms. The van der Waals surface area contributed by atoms with Gasteiger partial charge in [-0.05, 0) is 55.5 Å². The number of carbonyl (C=O) groups excluding carboxylic acids is 1. The number of carbonyl (C=O) groups is 2. The lowest BCUT2D eigenvalue weighted by molar-refractivity contribution is -0.154. The molecule has 1 fully saturated rings. The molecule has 3 heterocycles. The van der Waals surface area contributed by atoms with E-state index in [0.717, 1.165) is 29.5 Å². The van der Waals surface area contributed by atoms with Crippen molar-refractivity contribution in [1.29, 1.82) is 0 Å². The molecule has 4 atom stereocenters. The van der Waals surface area contributed by atoms with Gasteiger partial charge in [0.25, 0.3) is 5.91 Å². The van der Waals surface area contributed by atoms with Gasteiger partial charge in [0.15, 0.2) is 0 Å². The first-order valence-corrected chi connectivity index (χ1v) is 14.6. The predicted molar refractivity (Wildman–Crippen MR) is 150 cm³/mol. The number of carboxylic acid groups (broad SMARTS) is 1. The maximum absolute atomic E-state index is 13.5. The summed E-state index contributed by atoms with van der Waals surface area (Å²) < 4.78 is 11.5. The number of aryl methyl sites for hydroxylation is 1. The molecule has 0 radical (unpaired) electrons. The van der Waals surface area contributed by atoms with E-state index in [2.05, 4.69) is 5.16 Å². The van der Waals surface area contributed by atoms with Gasteiger partial charge in [0.05, 0.1) is 12.0 Å². The van der Waals surface area contributed by atoms with Crippen LogP contribution in [-0.2, 0) is 24.4 Å². The Labute approximate surface area is 243 Å². The van der Waals surface area contributed by atoms with Crippen molar-refractivity contribution in [3.05, 3.63) is 81.2 Å².